The Morgan fingerprint density at radius 2 is 1.74 bits per heavy atom. The van der Waals surface area contributed by atoms with Crippen molar-refractivity contribution < 1.29 is 9.18 Å². The van der Waals surface area contributed by atoms with E-state index in [1.165, 1.54) is 12.1 Å². The van der Waals surface area contributed by atoms with Gasteiger partial charge >= 0.3 is 0 Å². The fourth-order valence-corrected chi connectivity index (χ4v) is 3.98. The molecule has 3 saturated heterocycles. The number of carbonyl (C=O) groups excluding carboxylic acids is 1. The summed E-state index contributed by atoms with van der Waals surface area (Å²) in [6.45, 7) is 4.39. The molecule has 5 nitrogen and oxygen atoms in total. The van der Waals surface area contributed by atoms with Gasteiger partial charge in [-0.1, -0.05) is 12.1 Å². The molecule has 1 aromatic rings. The van der Waals surface area contributed by atoms with Crippen LogP contribution in [0.4, 0.5) is 4.39 Å². The molecule has 4 rings (SSSR count). The van der Waals surface area contributed by atoms with Gasteiger partial charge in [-0.25, -0.2) is 9.82 Å². The van der Waals surface area contributed by atoms with Crippen LogP contribution in [0, 0.1) is 23.6 Å². The van der Waals surface area contributed by atoms with Gasteiger partial charge in [0.2, 0.25) is 5.91 Å². The lowest BCUT2D eigenvalue weighted by Crippen LogP contribution is -2.39. The molecule has 3 aliphatic heterocycles. The van der Waals surface area contributed by atoms with Gasteiger partial charge in [0.05, 0.1) is 12.0 Å². The van der Waals surface area contributed by atoms with Crippen LogP contribution < -0.4 is 16.2 Å². The number of benzene rings is 1. The minimum Gasteiger partial charge on any atom is -0.342 e. The van der Waals surface area contributed by atoms with Crippen LogP contribution in [0.25, 0.3) is 0 Å². The van der Waals surface area contributed by atoms with Crippen LogP contribution in [0.15, 0.2) is 24.3 Å². The molecule has 126 valence electrons. The molecule has 0 bridgehead atoms. The van der Waals surface area contributed by atoms with Crippen LogP contribution in [0.5, 0.6) is 0 Å². The number of nitrogens with zero attached hydrogens (tertiary/aromatic N) is 1. The number of carbonyl (C=O) groups is 1. The second-order valence-electron chi connectivity index (χ2n) is 6.58. The van der Waals surface area contributed by atoms with E-state index >= 15 is 0 Å². The lowest BCUT2D eigenvalue weighted by atomic mass is 9.93. The van der Waals surface area contributed by atoms with Crippen LogP contribution in [-0.4, -0.2) is 43.5 Å². The third-order valence-electron chi connectivity index (χ3n) is 5.23. The van der Waals surface area contributed by atoms with E-state index in [1.54, 1.807) is 12.1 Å². The third-order valence-corrected chi connectivity index (χ3v) is 5.23. The number of fused-ring (bicyclic) bond motifs is 1. The molecule has 7 heteroatoms. The molecule has 0 saturated carbocycles. The van der Waals surface area contributed by atoms with Crippen LogP contribution in [0.1, 0.15) is 11.6 Å². The van der Waals surface area contributed by atoms with Gasteiger partial charge in [-0.2, -0.15) is 0 Å². The molecule has 2 unspecified atom stereocenters. The van der Waals surface area contributed by atoms with E-state index in [9.17, 15) is 9.18 Å². The first-order valence-electron chi connectivity index (χ1n) is 7.96. The van der Waals surface area contributed by atoms with Crippen LogP contribution in [0.3, 0.4) is 0 Å². The smallest absolute Gasteiger partial charge is 0.229 e. The molecule has 1 amide bonds. The Morgan fingerprint density at radius 3 is 2.39 bits per heavy atom. The minimum absolute atomic E-state index is 0. The maximum atomic E-state index is 13.1. The highest BCUT2D eigenvalue weighted by Gasteiger charge is 2.43. The van der Waals surface area contributed by atoms with Gasteiger partial charge in [-0.3, -0.25) is 10.2 Å². The Morgan fingerprint density at radius 1 is 1.09 bits per heavy atom. The van der Waals surface area contributed by atoms with Crippen molar-refractivity contribution in [1.29, 1.82) is 0 Å². The predicted molar refractivity (Wildman–Crippen MR) is 87.4 cm³/mol. The molecule has 0 aliphatic carbocycles. The van der Waals surface area contributed by atoms with Crippen LogP contribution in [0.2, 0.25) is 0 Å². The minimum atomic E-state index is -0.252. The van der Waals surface area contributed by atoms with Crippen molar-refractivity contribution in [1.82, 2.24) is 21.1 Å². The average molecular weight is 341 g/mol. The summed E-state index contributed by atoms with van der Waals surface area (Å²) in [4.78, 5) is 14.9. The SMILES string of the molecule is Cl.O=C(C1CNNC1c1ccc(F)cc1)N1C[C@H]2CNC[C@H]2C1. The number of rotatable bonds is 2. The lowest BCUT2D eigenvalue weighted by molar-refractivity contribution is -0.134. The van der Waals surface area contributed by atoms with Gasteiger partial charge in [0.25, 0.3) is 0 Å². The fraction of sp³-hybridized carbons (Fsp3) is 0.562. The van der Waals surface area contributed by atoms with E-state index < -0.39 is 0 Å². The van der Waals surface area contributed by atoms with Gasteiger partial charge in [-0.05, 0) is 29.5 Å². The monoisotopic (exact) mass is 340 g/mol. The number of halogens is 2. The van der Waals surface area contributed by atoms with Gasteiger partial charge in [0, 0.05) is 32.7 Å². The summed E-state index contributed by atoms with van der Waals surface area (Å²) in [6.07, 6.45) is 0. The van der Waals surface area contributed by atoms with Gasteiger partial charge in [0.1, 0.15) is 5.82 Å². The molecule has 4 atom stereocenters. The van der Waals surface area contributed by atoms with Crippen molar-refractivity contribution in [3.8, 4) is 0 Å². The third kappa shape index (κ3) is 3.08. The maximum Gasteiger partial charge on any atom is 0.229 e. The Balaban J connectivity index is 0.00000156. The fourth-order valence-electron chi connectivity index (χ4n) is 3.98. The highest BCUT2D eigenvalue weighted by Crippen LogP contribution is 2.31. The van der Waals surface area contributed by atoms with E-state index in [4.69, 9.17) is 0 Å². The largest absolute Gasteiger partial charge is 0.342 e. The molecular formula is C16H22ClFN4O. The summed E-state index contributed by atoms with van der Waals surface area (Å²) in [5, 5.41) is 3.40. The molecule has 0 radical (unpaired) electrons. The lowest BCUT2D eigenvalue weighted by Gasteiger charge is -2.25. The van der Waals surface area contributed by atoms with Gasteiger partial charge in [-0.15, -0.1) is 12.4 Å². The summed E-state index contributed by atoms with van der Waals surface area (Å²) in [6, 6.07) is 6.31. The van der Waals surface area contributed by atoms with Crippen molar-refractivity contribution in [2.75, 3.05) is 32.7 Å². The van der Waals surface area contributed by atoms with E-state index in [1.807, 2.05) is 4.90 Å². The Bertz CT molecular complexity index is 558. The first kappa shape index (κ1) is 16.6. The van der Waals surface area contributed by atoms with Gasteiger partial charge < -0.3 is 10.2 Å². The summed E-state index contributed by atoms with van der Waals surface area (Å²) >= 11 is 0. The zero-order chi connectivity index (χ0) is 15.1. The van der Waals surface area contributed by atoms with Crippen molar-refractivity contribution in [3.05, 3.63) is 35.6 Å². The zero-order valence-corrected chi connectivity index (χ0v) is 13.6. The van der Waals surface area contributed by atoms with Crippen molar-refractivity contribution >= 4 is 18.3 Å². The zero-order valence-electron chi connectivity index (χ0n) is 12.8. The number of hydrogen-bond acceptors (Lipinski definition) is 4. The predicted octanol–water partition coefficient (Wildman–Crippen LogP) is 0.690. The Kier molecular flexibility index (Phi) is 4.87. The molecule has 3 aliphatic rings. The standard InChI is InChI=1S/C16H21FN4O.ClH/c17-13-3-1-10(2-4-13)15-14(7-19-20-15)16(22)21-8-11-5-18-6-12(11)9-21;/h1-4,11-12,14-15,18-20H,5-9H2;1H/t11-,12+,14?,15?;. The second-order valence-corrected chi connectivity index (χ2v) is 6.58. The summed E-state index contributed by atoms with van der Waals surface area (Å²) < 4.78 is 13.1. The van der Waals surface area contributed by atoms with Crippen molar-refractivity contribution in [2.45, 2.75) is 6.04 Å². The average Bonchev–Trinajstić information content (AvgIpc) is 3.22. The maximum absolute atomic E-state index is 13.1. The van der Waals surface area contributed by atoms with E-state index in [0.717, 1.165) is 31.7 Å². The van der Waals surface area contributed by atoms with Crippen LogP contribution >= 0.6 is 12.4 Å². The Hall–Kier alpha value is -1.21. The first-order valence-corrected chi connectivity index (χ1v) is 7.96. The number of amides is 1. The summed E-state index contributed by atoms with van der Waals surface area (Å²) in [5.74, 6) is 1.04. The van der Waals surface area contributed by atoms with Crippen molar-refractivity contribution in [3.63, 3.8) is 0 Å². The summed E-state index contributed by atoms with van der Waals surface area (Å²) in [7, 11) is 0. The van der Waals surface area contributed by atoms with E-state index in [0.29, 0.717) is 18.4 Å². The Labute approximate surface area is 141 Å². The number of nitrogens with one attached hydrogen (secondary N) is 3. The van der Waals surface area contributed by atoms with Gasteiger partial charge in [0.15, 0.2) is 0 Å². The highest BCUT2D eigenvalue weighted by atomic mass is 35.5. The van der Waals surface area contributed by atoms with Crippen LogP contribution in [-0.2, 0) is 4.79 Å². The van der Waals surface area contributed by atoms with E-state index in [2.05, 4.69) is 16.2 Å². The van der Waals surface area contributed by atoms with Crippen molar-refractivity contribution in [2.24, 2.45) is 17.8 Å². The van der Waals surface area contributed by atoms with E-state index in [-0.39, 0.29) is 36.1 Å². The molecule has 1 aromatic carbocycles. The molecular weight excluding hydrogens is 319 g/mol. The second kappa shape index (κ2) is 6.73. The highest BCUT2D eigenvalue weighted by molar-refractivity contribution is 5.85. The molecule has 0 aromatic heterocycles. The number of likely N-dealkylation sites (tertiary alicyclic amines) is 1. The molecule has 3 heterocycles. The molecule has 3 N–H and O–H groups in total. The molecule has 0 spiro atoms. The quantitative estimate of drug-likeness (QED) is 0.741. The summed E-state index contributed by atoms with van der Waals surface area (Å²) in [5.41, 5.74) is 7.20. The number of hydrogen-bond donors (Lipinski definition) is 3. The molecule has 3 fully saturated rings. The molecule has 23 heavy (non-hydrogen) atoms. The number of hydrazine groups is 1. The topological polar surface area (TPSA) is 56.4 Å². The first-order chi connectivity index (χ1) is 10.7. The normalized spacial score (nSPS) is 32.7.